The summed E-state index contributed by atoms with van der Waals surface area (Å²) in [6, 6.07) is 7.78. The Morgan fingerprint density at radius 3 is 2.79 bits per heavy atom. The van der Waals surface area contributed by atoms with Gasteiger partial charge in [-0.3, -0.25) is 4.79 Å². The van der Waals surface area contributed by atoms with Crippen molar-refractivity contribution >= 4 is 16.8 Å². The number of aromatic nitrogens is 1. The zero-order valence-corrected chi connectivity index (χ0v) is 10.6. The maximum atomic E-state index is 13.2. The van der Waals surface area contributed by atoms with Crippen molar-refractivity contribution in [3.8, 4) is 0 Å². The number of hydrogen-bond donors (Lipinski definition) is 0. The fraction of sp³-hybridized carbons (Fsp3) is 0.133. The highest BCUT2D eigenvalue weighted by molar-refractivity contribution is 6.09. The highest BCUT2D eigenvalue weighted by Gasteiger charge is 2.21. The number of ketones is 1. The molecule has 2 aromatic heterocycles. The van der Waals surface area contributed by atoms with Crippen molar-refractivity contribution in [3.63, 3.8) is 0 Å². The second kappa shape index (κ2) is 4.09. The van der Waals surface area contributed by atoms with Gasteiger partial charge in [0.2, 0.25) is 5.78 Å². The van der Waals surface area contributed by atoms with Gasteiger partial charge in [0.05, 0.1) is 5.69 Å². The number of fused-ring (bicyclic) bond motifs is 1. The van der Waals surface area contributed by atoms with Crippen LogP contribution in [0.4, 0.5) is 4.39 Å². The van der Waals surface area contributed by atoms with Crippen LogP contribution in [-0.4, -0.2) is 10.4 Å². The van der Waals surface area contributed by atoms with E-state index in [0.717, 1.165) is 0 Å². The van der Waals surface area contributed by atoms with Crippen molar-refractivity contribution in [2.45, 2.75) is 6.92 Å². The molecular formula is C15H12FNO2. The molecule has 0 radical (unpaired) electrons. The summed E-state index contributed by atoms with van der Waals surface area (Å²) < 4.78 is 20.5. The highest BCUT2D eigenvalue weighted by atomic mass is 19.1. The molecule has 0 fully saturated rings. The normalized spacial score (nSPS) is 11.1. The van der Waals surface area contributed by atoms with Crippen LogP contribution in [0.1, 0.15) is 21.8 Å². The molecule has 19 heavy (non-hydrogen) atoms. The Morgan fingerprint density at radius 2 is 2.11 bits per heavy atom. The second-order valence-corrected chi connectivity index (χ2v) is 4.53. The summed E-state index contributed by atoms with van der Waals surface area (Å²) in [6.07, 6.45) is 1.80. The van der Waals surface area contributed by atoms with Gasteiger partial charge < -0.3 is 8.98 Å². The maximum absolute atomic E-state index is 13.2. The summed E-state index contributed by atoms with van der Waals surface area (Å²) in [7, 11) is 1.80. The molecule has 0 unspecified atom stereocenters. The van der Waals surface area contributed by atoms with E-state index in [-0.39, 0.29) is 17.4 Å². The fourth-order valence-corrected chi connectivity index (χ4v) is 2.22. The number of furan rings is 1. The van der Waals surface area contributed by atoms with Crippen LogP contribution in [0.5, 0.6) is 0 Å². The predicted molar refractivity (Wildman–Crippen MR) is 69.8 cm³/mol. The minimum absolute atomic E-state index is 0.193. The molecular weight excluding hydrogens is 245 g/mol. The van der Waals surface area contributed by atoms with E-state index < -0.39 is 0 Å². The summed E-state index contributed by atoms with van der Waals surface area (Å²) in [5.74, 6) is -0.265. The monoisotopic (exact) mass is 257 g/mol. The van der Waals surface area contributed by atoms with Crippen molar-refractivity contribution in [1.82, 2.24) is 4.57 Å². The molecule has 0 spiro atoms. The van der Waals surface area contributed by atoms with Gasteiger partial charge in [0.25, 0.3) is 0 Å². The number of carbonyl (C=O) groups excluding carboxylic acids is 1. The number of hydrogen-bond acceptors (Lipinski definition) is 2. The molecule has 3 rings (SSSR count). The van der Waals surface area contributed by atoms with Crippen LogP contribution in [0.3, 0.4) is 0 Å². The summed E-state index contributed by atoms with van der Waals surface area (Å²) in [4.78, 5) is 12.4. The summed E-state index contributed by atoms with van der Waals surface area (Å²) in [5, 5.41) is 0.637. The molecule has 0 bridgehead atoms. The van der Waals surface area contributed by atoms with Gasteiger partial charge in [-0.1, -0.05) is 0 Å². The fourth-order valence-electron chi connectivity index (χ4n) is 2.22. The third-order valence-electron chi connectivity index (χ3n) is 3.28. The molecule has 0 saturated carbocycles. The van der Waals surface area contributed by atoms with E-state index in [0.29, 0.717) is 22.2 Å². The second-order valence-electron chi connectivity index (χ2n) is 4.53. The lowest BCUT2D eigenvalue weighted by Gasteiger charge is -2.00. The van der Waals surface area contributed by atoms with E-state index >= 15 is 0 Å². The van der Waals surface area contributed by atoms with Crippen molar-refractivity contribution in [3.05, 3.63) is 59.4 Å². The molecule has 0 aliphatic heterocycles. The lowest BCUT2D eigenvalue weighted by molar-refractivity contribution is 0.100. The molecule has 2 heterocycles. The maximum Gasteiger partial charge on any atom is 0.244 e. The molecule has 0 saturated heterocycles. The molecule has 0 atom stereocenters. The van der Waals surface area contributed by atoms with Gasteiger partial charge >= 0.3 is 0 Å². The zero-order chi connectivity index (χ0) is 13.6. The first-order valence-electron chi connectivity index (χ1n) is 5.92. The first-order chi connectivity index (χ1) is 9.08. The Labute approximate surface area is 109 Å². The third-order valence-corrected chi connectivity index (χ3v) is 3.28. The van der Waals surface area contributed by atoms with E-state index in [1.807, 2.05) is 0 Å². The minimum Gasteiger partial charge on any atom is -0.452 e. The summed E-state index contributed by atoms with van der Waals surface area (Å²) in [6.45, 7) is 1.77. The predicted octanol–water partition coefficient (Wildman–Crippen LogP) is 3.45. The number of rotatable bonds is 2. The third kappa shape index (κ3) is 1.76. The average Bonchev–Trinajstić information content (AvgIpc) is 2.94. The molecule has 1 aromatic carbocycles. The Bertz CT molecular complexity index is 783. The van der Waals surface area contributed by atoms with E-state index in [4.69, 9.17) is 4.42 Å². The Morgan fingerprint density at radius 1 is 1.32 bits per heavy atom. The van der Waals surface area contributed by atoms with E-state index in [2.05, 4.69) is 0 Å². The standard InChI is InChI=1S/C15H12FNO2/c1-9-11-8-10(16)5-6-13(11)19-15(9)14(18)12-4-3-7-17(12)2/h3-8H,1-2H3. The van der Waals surface area contributed by atoms with Crippen LogP contribution in [-0.2, 0) is 7.05 Å². The molecule has 0 aliphatic rings. The van der Waals surface area contributed by atoms with Crippen LogP contribution < -0.4 is 0 Å². The Hall–Kier alpha value is -2.36. The smallest absolute Gasteiger partial charge is 0.244 e. The molecule has 3 nitrogen and oxygen atoms in total. The van der Waals surface area contributed by atoms with Gasteiger partial charge in [0, 0.05) is 24.2 Å². The van der Waals surface area contributed by atoms with Gasteiger partial charge in [-0.15, -0.1) is 0 Å². The number of halogens is 1. The van der Waals surface area contributed by atoms with Gasteiger partial charge in [0.15, 0.2) is 5.76 Å². The van der Waals surface area contributed by atoms with Gasteiger partial charge in [-0.05, 0) is 37.3 Å². The van der Waals surface area contributed by atoms with Crippen molar-refractivity contribution in [2.24, 2.45) is 7.05 Å². The Balaban J connectivity index is 2.18. The zero-order valence-electron chi connectivity index (χ0n) is 10.6. The number of aryl methyl sites for hydroxylation is 2. The molecule has 4 heteroatoms. The first kappa shape index (κ1) is 11.7. The van der Waals surface area contributed by atoms with E-state index in [1.54, 1.807) is 42.9 Å². The van der Waals surface area contributed by atoms with Crippen LogP contribution in [0, 0.1) is 12.7 Å². The molecule has 0 aliphatic carbocycles. The average molecular weight is 257 g/mol. The van der Waals surface area contributed by atoms with Crippen LogP contribution >= 0.6 is 0 Å². The minimum atomic E-state index is -0.339. The molecule has 0 N–H and O–H groups in total. The topological polar surface area (TPSA) is 35.1 Å². The quantitative estimate of drug-likeness (QED) is 0.659. The molecule has 3 aromatic rings. The molecule has 0 amide bonds. The van der Waals surface area contributed by atoms with Crippen LogP contribution in [0.25, 0.3) is 11.0 Å². The lowest BCUT2D eigenvalue weighted by atomic mass is 10.1. The van der Waals surface area contributed by atoms with Crippen molar-refractivity contribution in [1.29, 1.82) is 0 Å². The number of nitrogens with zero attached hydrogens (tertiary/aromatic N) is 1. The number of carbonyl (C=O) groups is 1. The van der Waals surface area contributed by atoms with Crippen molar-refractivity contribution < 1.29 is 13.6 Å². The van der Waals surface area contributed by atoms with E-state index in [9.17, 15) is 9.18 Å². The van der Waals surface area contributed by atoms with Gasteiger partial charge in [-0.25, -0.2) is 4.39 Å². The number of benzene rings is 1. The first-order valence-corrected chi connectivity index (χ1v) is 5.92. The van der Waals surface area contributed by atoms with Crippen LogP contribution in [0.15, 0.2) is 40.9 Å². The SMILES string of the molecule is Cc1c(C(=O)c2cccn2C)oc2ccc(F)cc12. The lowest BCUT2D eigenvalue weighted by Crippen LogP contribution is -2.06. The van der Waals surface area contributed by atoms with E-state index in [1.165, 1.54) is 12.1 Å². The molecule has 96 valence electrons. The van der Waals surface area contributed by atoms with Gasteiger partial charge in [0.1, 0.15) is 11.4 Å². The van der Waals surface area contributed by atoms with Crippen LogP contribution in [0.2, 0.25) is 0 Å². The summed E-state index contributed by atoms with van der Waals surface area (Å²) >= 11 is 0. The van der Waals surface area contributed by atoms with Gasteiger partial charge in [-0.2, -0.15) is 0 Å². The summed E-state index contributed by atoms with van der Waals surface area (Å²) in [5.41, 5.74) is 1.74. The Kier molecular flexibility index (Phi) is 2.52. The largest absolute Gasteiger partial charge is 0.452 e. The highest BCUT2D eigenvalue weighted by Crippen LogP contribution is 2.27. The van der Waals surface area contributed by atoms with Crippen molar-refractivity contribution in [2.75, 3.05) is 0 Å².